The number of alkyl halides is 3. The predicted molar refractivity (Wildman–Crippen MR) is 142 cm³/mol. The molecule has 1 aliphatic rings. The summed E-state index contributed by atoms with van der Waals surface area (Å²) in [7, 11) is 3.07. The van der Waals surface area contributed by atoms with Crippen LogP contribution in [0.4, 0.5) is 23.7 Å². The third-order valence-electron chi connectivity index (χ3n) is 6.05. The van der Waals surface area contributed by atoms with E-state index in [0.29, 0.717) is 42.0 Å². The Kier molecular flexibility index (Phi) is 9.29. The molecule has 3 rings (SSSR count). The number of carbonyl (C=O) groups excluding carboxylic acids is 2. The number of anilines is 1. The maximum absolute atomic E-state index is 13.4. The van der Waals surface area contributed by atoms with E-state index >= 15 is 0 Å². The molecule has 1 heterocycles. The molecule has 38 heavy (non-hydrogen) atoms. The molecule has 0 aliphatic carbocycles. The molecule has 2 aromatic rings. The van der Waals surface area contributed by atoms with E-state index in [4.69, 9.17) is 14.2 Å². The molecule has 1 aliphatic heterocycles. The number of Topliss-reactive ketones (excluding diaryl/α,β-unsaturated/α-hetero) is 1. The van der Waals surface area contributed by atoms with Crippen molar-refractivity contribution in [1.82, 2.24) is 4.90 Å². The Balaban J connectivity index is 1.86. The third-order valence-corrected chi connectivity index (χ3v) is 9.18. The molecule has 2 aromatic carbocycles. The Morgan fingerprint density at radius 2 is 1.50 bits per heavy atom. The molecule has 0 N–H and O–H groups in total. The van der Waals surface area contributed by atoms with Gasteiger partial charge in [0.1, 0.15) is 0 Å². The number of carbonyl (C=O) groups is 2. The zero-order chi connectivity index (χ0) is 28.3. The van der Waals surface area contributed by atoms with Crippen LogP contribution in [0.1, 0.15) is 48.3 Å². The first-order chi connectivity index (χ1) is 17.7. The van der Waals surface area contributed by atoms with Gasteiger partial charge in [-0.3, -0.25) is 0 Å². The van der Waals surface area contributed by atoms with Crippen LogP contribution in [-0.4, -0.2) is 84.7 Å². The monoisotopic (exact) mass is 598 g/mol. The van der Waals surface area contributed by atoms with Crippen LogP contribution < -0.4 is 18.7 Å². The van der Waals surface area contributed by atoms with Crippen molar-refractivity contribution < 1.29 is 37.0 Å². The molecule has 1 amide bonds. The summed E-state index contributed by atoms with van der Waals surface area (Å²) in [4.78, 5) is 28.3. The van der Waals surface area contributed by atoms with Crippen molar-refractivity contribution in [3.05, 3.63) is 47.5 Å². The summed E-state index contributed by atoms with van der Waals surface area (Å²) in [6.07, 6.45) is -5.36. The van der Waals surface area contributed by atoms with Gasteiger partial charge in [-0.15, -0.1) is 0 Å². The second kappa shape index (κ2) is 11.9. The summed E-state index contributed by atoms with van der Waals surface area (Å²) in [5, 5.41) is 0. The van der Waals surface area contributed by atoms with Crippen molar-refractivity contribution in [3.63, 3.8) is 0 Å². The molecule has 2 unspecified atom stereocenters. The van der Waals surface area contributed by atoms with Crippen LogP contribution in [-0.2, 0) is 4.74 Å². The van der Waals surface area contributed by atoms with E-state index in [9.17, 15) is 22.8 Å². The van der Waals surface area contributed by atoms with Crippen molar-refractivity contribution in [1.29, 1.82) is 0 Å². The molecular weight excluding hydrogens is 564 g/mol. The zero-order valence-electron chi connectivity index (χ0n) is 22.4. The van der Waals surface area contributed by atoms with Gasteiger partial charge in [-0.2, -0.15) is 0 Å². The summed E-state index contributed by atoms with van der Waals surface area (Å²) in [5.41, 5.74) is 0.678. The Morgan fingerprint density at radius 3 is 2.00 bits per heavy atom. The van der Waals surface area contributed by atoms with E-state index < -0.39 is 39.4 Å². The first kappa shape index (κ1) is 29.7. The summed E-state index contributed by atoms with van der Waals surface area (Å²) < 4.78 is 56.7. The molecule has 1 saturated heterocycles. The Labute approximate surface area is 227 Å². The van der Waals surface area contributed by atoms with E-state index in [2.05, 4.69) is 0 Å². The van der Waals surface area contributed by atoms with Gasteiger partial charge in [0, 0.05) is 0 Å². The average molecular weight is 598 g/mol. The second-order valence-electron chi connectivity index (χ2n) is 10.0. The predicted octanol–water partition coefficient (Wildman–Crippen LogP) is 4.33. The van der Waals surface area contributed by atoms with Crippen LogP contribution in [0, 0.1) is 0 Å². The molecule has 1 fully saturated rings. The van der Waals surface area contributed by atoms with Crippen molar-refractivity contribution in [2.24, 2.45) is 0 Å². The van der Waals surface area contributed by atoms with Gasteiger partial charge in [0.05, 0.1) is 0 Å². The van der Waals surface area contributed by atoms with Gasteiger partial charge in [-0.1, -0.05) is 0 Å². The summed E-state index contributed by atoms with van der Waals surface area (Å²) in [6, 6.07) is 9.94. The average Bonchev–Trinajstić information content (AvgIpc) is 2.86. The standard InChI is InChI=1S/C27H34AsF3N2O5/c1-17(18-13-20(36-5)16-21(14-18)37-6)28-23-15-19(7-8-22(23)24(34)27(29,30)31)32-9-11-33(12-10-32)25(35)38-26(2,3)4/h7-8,13-17,28H,9-12H2,1-6H3. The number of benzene rings is 2. The van der Waals surface area contributed by atoms with Crippen LogP contribution in [0.25, 0.3) is 0 Å². The SMILES string of the molecule is COc1cc(OC)cc(C(C)[AsH]c2cc(N3CCN(C(=O)OC(C)(C)C)CC3)ccc2C(=O)C(F)(F)F)c1. The molecule has 2 atom stereocenters. The molecule has 0 spiro atoms. The number of nitrogens with zero attached hydrogens (tertiary/aromatic N) is 2. The van der Waals surface area contributed by atoms with E-state index in [1.807, 2.05) is 24.0 Å². The van der Waals surface area contributed by atoms with Crippen molar-refractivity contribution in [2.45, 2.75) is 44.2 Å². The van der Waals surface area contributed by atoms with Gasteiger partial charge in [0.2, 0.25) is 0 Å². The number of piperazine rings is 1. The van der Waals surface area contributed by atoms with Crippen LogP contribution >= 0.6 is 0 Å². The number of hydrogen-bond acceptors (Lipinski definition) is 6. The topological polar surface area (TPSA) is 68.3 Å². The van der Waals surface area contributed by atoms with E-state index in [1.54, 1.807) is 43.9 Å². The first-order valence-corrected chi connectivity index (χ1v) is 14.5. The van der Waals surface area contributed by atoms with Gasteiger partial charge in [0.15, 0.2) is 0 Å². The maximum atomic E-state index is 13.4. The quantitative estimate of drug-likeness (QED) is 0.350. The number of amides is 1. The zero-order valence-corrected chi connectivity index (χ0v) is 24.5. The van der Waals surface area contributed by atoms with Gasteiger partial charge < -0.3 is 0 Å². The van der Waals surface area contributed by atoms with Crippen molar-refractivity contribution >= 4 is 37.7 Å². The van der Waals surface area contributed by atoms with E-state index in [1.165, 1.54) is 20.3 Å². The second-order valence-corrected chi connectivity index (χ2v) is 13.6. The van der Waals surface area contributed by atoms with Crippen LogP contribution in [0.3, 0.4) is 0 Å². The van der Waals surface area contributed by atoms with Gasteiger partial charge in [0.25, 0.3) is 0 Å². The Hall–Kier alpha value is -2.87. The summed E-state index contributed by atoms with van der Waals surface area (Å²) in [5.74, 6) is -0.671. The van der Waals surface area contributed by atoms with Crippen molar-refractivity contribution in [3.8, 4) is 11.5 Å². The van der Waals surface area contributed by atoms with Gasteiger partial charge in [-0.25, -0.2) is 0 Å². The van der Waals surface area contributed by atoms with Crippen LogP contribution in [0.15, 0.2) is 36.4 Å². The molecule has 0 bridgehead atoms. The third kappa shape index (κ3) is 7.59. The Morgan fingerprint density at radius 1 is 0.921 bits per heavy atom. The minimum atomic E-state index is -4.97. The molecule has 0 saturated carbocycles. The molecule has 0 radical (unpaired) electrons. The number of rotatable bonds is 7. The fourth-order valence-corrected chi connectivity index (χ4v) is 6.97. The van der Waals surface area contributed by atoms with Crippen molar-refractivity contribution in [2.75, 3.05) is 45.3 Å². The molecular formula is C27H34AsF3N2O5. The minimum absolute atomic E-state index is 0.113. The van der Waals surface area contributed by atoms with E-state index in [-0.39, 0.29) is 10.3 Å². The fourth-order valence-electron chi connectivity index (χ4n) is 4.07. The fraction of sp³-hybridized carbons (Fsp3) is 0.481. The summed E-state index contributed by atoms with van der Waals surface area (Å²) in [6.45, 7) is 9.17. The number of methoxy groups -OCH3 is 2. The van der Waals surface area contributed by atoms with Crippen LogP contribution in [0.2, 0.25) is 0 Å². The number of halogens is 3. The summed E-state index contributed by atoms with van der Waals surface area (Å²) >= 11 is -1.25. The molecule has 208 valence electrons. The molecule has 7 nitrogen and oxygen atoms in total. The van der Waals surface area contributed by atoms with Gasteiger partial charge >= 0.3 is 228 Å². The van der Waals surface area contributed by atoms with Crippen LogP contribution in [0.5, 0.6) is 11.5 Å². The van der Waals surface area contributed by atoms with Gasteiger partial charge in [-0.05, 0) is 0 Å². The first-order valence-electron chi connectivity index (χ1n) is 12.2. The normalized spacial score (nSPS) is 15.5. The van der Waals surface area contributed by atoms with E-state index in [0.717, 1.165) is 11.3 Å². The molecule has 11 heteroatoms. The number of ketones is 1. The number of hydrogen-bond donors (Lipinski definition) is 0. The Bertz CT molecular complexity index is 1140. The molecule has 0 aromatic heterocycles. The number of ether oxygens (including phenoxy) is 3.